The Morgan fingerprint density at radius 1 is 1.39 bits per heavy atom. The van der Waals surface area contributed by atoms with Gasteiger partial charge in [0.05, 0.1) is 10.9 Å². The monoisotopic (exact) mass is 314 g/mol. The summed E-state index contributed by atoms with van der Waals surface area (Å²) < 4.78 is 1.63. The summed E-state index contributed by atoms with van der Waals surface area (Å²) in [5, 5.41) is 17.6. The number of benzene rings is 1. The van der Waals surface area contributed by atoms with E-state index in [1.54, 1.807) is 34.8 Å². The number of fused-ring (bicyclic) bond motifs is 2. The molecule has 1 saturated carbocycles. The van der Waals surface area contributed by atoms with E-state index in [1.807, 2.05) is 0 Å². The molecule has 23 heavy (non-hydrogen) atoms. The molecule has 1 aromatic carbocycles. The number of hydrogen-bond acceptors (Lipinski definition) is 4. The number of nitrogens with zero attached hydrogens (tertiary/aromatic N) is 4. The first kappa shape index (κ1) is 14.2. The summed E-state index contributed by atoms with van der Waals surface area (Å²) in [5.41, 5.74) is 1.35. The summed E-state index contributed by atoms with van der Waals surface area (Å²) in [7, 11) is 1.78. The highest BCUT2D eigenvalue weighted by Gasteiger charge is 2.55. The molecule has 0 bridgehead atoms. The number of carbonyl (C=O) groups is 2. The number of amides is 1. The van der Waals surface area contributed by atoms with Crippen LogP contribution in [-0.4, -0.2) is 50.0 Å². The fraction of sp³-hybridized carbons (Fsp3) is 0.500. The Morgan fingerprint density at radius 2 is 2.22 bits per heavy atom. The van der Waals surface area contributed by atoms with Gasteiger partial charge in [0, 0.05) is 25.7 Å². The number of carbonyl (C=O) groups excluding carboxylic acids is 1. The lowest BCUT2D eigenvalue weighted by molar-refractivity contribution is -0.149. The summed E-state index contributed by atoms with van der Waals surface area (Å²) in [4.78, 5) is 26.2. The largest absolute Gasteiger partial charge is 0.481 e. The molecular weight excluding hydrogens is 296 g/mol. The van der Waals surface area contributed by atoms with Crippen LogP contribution in [0.2, 0.25) is 0 Å². The van der Waals surface area contributed by atoms with Crippen LogP contribution in [0.4, 0.5) is 0 Å². The van der Waals surface area contributed by atoms with Gasteiger partial charge in [-0.1, -0.05) is 11.6 Å². The molecule has 0 radical (unpaired) electrons. The lowest BCUT2D eigenvalue weighted by Crippen LogP contribution is -2.37. The first-order valence-corrected chi connectivity index (χ1v) is 7.83. The van der Waals surface area contributed by atoms with Crippen molar-refractivity contribution in [1.82, 2.24) is 19.9 Å². The molecule has 1 amide bonds. The van der Waals surface area contributed by atoms with Gasteiger partial charge in [0.1, 0.15) is 5.52 Å². The Hall–Kier alpha value is -2.44. The fourth-order valence-corrected chi connectivity index (χ4v) is 4.14. The molecule has 2 aromatic rings. The Bertz CT molecular complexity index is 815. The van der Waals surface area contributed by atoms with Gasteiger partial charge in [-0.3, -0.25) is 9.59 Å². The maximum Gasteiger partial charge on any atom is 0.311 e. The summed E-state index contributed by atoms with van der Waals surface area (Å²) in [6, 6.07) is 5.29. The van der Waals surface area contributed by atoms with Gasteiger partial charge in [-0.25, -0.2) is 4.68 Å². The number of carboxylic acid groups (broad SMARTS) is 1. The predicted molar refractivity (Wildman–Crippen MR) is 81.8 cm³/mol. The molecule has 120 valence electrons. The Balaban J connectivity index is 1.64. The van der Waals surface area contributed by atoms with E-state index in [-0.39, 0.29) is 11.8 Å². The lowest BCUT2D eigenvalue weighted by Gasteiger charge is -2.23. The minimum Gasteiger partial charge on any atom is -0.481 e. The molecule has 0 unspecified atom stereocenters. The summed E-state index contributed by atoms with van der Waals surface area (Å²) >= 11 is 0. The first-order valence-electron chi connectivity index (χ1n) is 7.83. The second-order valence-corrected chi connectivity index (χ2v) is 6.65. The molecule has 4 rings (SSSR count). The van der Waals surface area contributed by atoms with Gasteiger partial charge in [-0.05, 0) is 37.0 Å². The Labute approximate surface area is 132 Å². The molecule has 1 N–H and O–H groups in total. The number of likely N-dealkylation sites (tertiary alicyclic amines) is 1. The standard InChI is InChI=1S/C16H18N4O3/c1-19-13-7-10(4-5-12(13)17-18-19)14(21)20-8-11-3-2-6-16(11,9-20)15(22)23/h4-5,7,11H,2-3,6,8-9H2,1H3,(H,22,23)/t11-,16+/m0/s1. The van der Waals surface area contributed by atoms with Crippen LogP contribution in [0, 0.1) is 11.3 Å². The van der Waals surface area contributed by atoms with E-state index >= 15 is 0 Å². The van der Waals surface area contributed by atoms with E-state index in [2.05, 4.69) is 10.3 Å². The molecule has 1 aromatic heterocycles. The maximum atomic E-state index is 12.8. The van der Waals surface area contributed by atoms with Gasteiger partial charge in [-0.15, -0.1) is 5.10 Å². The van der Waals surface area contributed by atoms with Gasteiger partial charge in [-0.2, -0.15) is 0 Å². The summed E-state index contributed by atoms with van der Waals surface area (Å²) in [6.07, 6.45) is 2.49. The number of rotatable bonds is 2. The molecule has 1 aliphatic carbocycles. The van der Waals surface area contributed by atoms with Crippen molar-refractivity contribution in [2.75, 3.05) is 13.1 Å². The quantitative estimate of drug-likeness (QED) is 0.902. The molecule has 2 atom stereocenters. The second-order valence-electron chi connectivity index (χ2n) is 6.65. The Kier molecular flexibility index (Phi) is 2.94. The number of aryl methyl sites for hydroxylation is 1. The zero-order valence-electron chi connectivity index (χ0n) is 12.9. The van der Waals surface area contributed by atoms with Crippen molar-refractivity contribution in [3.05, 3.63) is 23.8 Å². The molecule has 7 heteroatoms. The van der Waals surface area contributed by atoms with Crippen LogP contribution >= 0.6 is 0 Å². The zero-order chi connectivity index (χ0) is 16.2. The molecular formula is C16H18N4O3. The molecule has 7 nitrogen and oxygen atoms in total. The van der Waals surface area contributed by atoms with Crippen LogP contribution in [0.25, 0.3) is 11.0 Å². The van der Waals surface area contributed by atoms with Crippen molar-refractivity contribution < 1.29 is 14.7 Å². The highest BCUT2D eigenvalue weighted by molar-refractivity contribution is 5.98. The first-order chi connectivity index (χ1) is 11.0. The number of hydrogen-bond donors (Lipinski definition) is 1. The van der Waals surface area contributed by atoms with Crippen LogP contribution in [0.3, 0.4) is 0 Å². The average molecular weight is 314 g/mol. The second kappa shape index (κ2) is 4.78. The van der Waals surface area contributed by atoms with Crippen LogP contribution in [0.15, 0.2) is 18.2 Å². The zero-order valence-corrected chi connectivity index (χ0v) is 12.9. The van der Waals surface area contributed by atoms with Crippen LogP contribution in [-0.2, 0) is 11.8 Å². The van der Waals surface area contributed by atoms with Crippen LogP contribution < -0.4 is 0 Å². The number of aliphatic carboxylic acids is 1. The topological polar surface area (TPSA) is 88.3 Å². The third-order valence-corrected chi connectivity index (χ3v) is 5.44. The summed E-state index contributed by atoms with van der Waals surface area (Å²) in [6.45, 7) is 0.848. The van der Waals surface area contributed by atoms with Gasteiger partial charge in [0.25, 0.3) is 5.91 Å². The third-order valence-electron chi connectivity index (χ3n) is 5.44. The van der Waals surface area contributed by atoms with Crippen molar-refractivity contribution >= 4 is 22.9 Å². The van der Waals surface area contributed by atoms with E-state index in [9.17, 15) is 14.7 Å². The van der Waals surface area contributed by atoms with Crippen LogP contribution in [0.5, 0.6) is 0 Å². The predicted octanol–water partition coefficient (Wildman–Crippen LogP) is 1.30. The fourth-order valence-electron chi connectivity index (χ4n) is 4.14. The SMILES string of the molecule is Cn1nnc2ccc(C(=O)N3C[C@@H]4CCC[C@@]4(C(=O)O)C3)cc21. The van der Waals surface area contributed by atoms with E-state index in [4.69, 9.17) is 0 Å². The van der Waals surface area contributed by atoms with E-state index < -0.39 is 11.4 Å². The van der Waals surface area contributed by atoms with E-state index in [0.717, 1.165) is 23.9 Å². The van der Waals surface area contributed by atoms with Gasteiger partial charge in [0.15, 0.2) is 0 Å². The van der Waals surface area contributed by atoms with Crippen LogP contribution in [0.1, 0.15) is 29.6 Å². The van der Waals surface area contributed by atoms with Gasteiger partial charge < -0.3 is 10.0 Å². The number of aromatic nitrogens is 3. The van der Waals surface area contributed by atoms with E-state index in [0.29, 0.717) is 25.1 Å². The van der Waals surface area contributed by atoms with Crippen molar-refractivity contribution in [3.63, 3.8) is 0 Å². The smallest absolute Gasteiger partial charge is 0.311 e. The van der Waals surface area contributed by atoms with Crippen molar-refractivity contribution in [3.8, 4) is 0 Å². The summed E-state index contributed by atoms with van der Waals surface area (Å²) in [5.74, 6) is -0.796. The maximum absolute atomic E-state index is 12.8. The third kappa shape index (κ3) is 1.95. The average Bonchev–Trinajstić information content (AvgIpc) is 3.19. The van der Waals surface area contributed by atoms with Crippen molar-refractivity contribution in [1.29, 1.82) is 0 Å². The molecule has 0 spiro atoms. The van der Waals surface area contributed by atoms with E-state index in [1.165, 1.54) is 0 Å². The van der Waals surface area contributed by atoms with Crippen molar-refractivity contribution in [2.24, 2.45) is 18.4 Å². The van der Waals surface area contributed by atoms with Crippen molar-refractivity contribution in [2.45, 2.75) is 19.3 Å². The highest BCUT2D eigenvalue weighted by Crippen LogP contribution is 2.49. The minimum absolute atomic E-state index is 0.0750. The van der Waals surface area contributed by atoms with Gasteiger partial charge >= 0.3 is 5.97 Å². The van der Waals surface area contributed by atoms with Gasteiger partial charge in [0.2, 0.25) is 0 Å². The normalized spacial score (nSPS) is 26.7. The molecule has 2 fully saturated rings. The Morgan fingerprint density at radius 3 is 2.96 bits per heavy atom. The lowest BCUT2D eigenvalue weighted by atomic mass is 9.81. The molecule has 2 aliphatic rings. The molecule has 1 saturated heterocycles. The molecule has 2 heterocycles. The molecule has 1 aliphatic heterocycles. The minimum atomic E-state index is -0.762. The highest BCUT2D eigenvalue weighted by atomic mass is 16.4. The number of carboxylic acids is 1.